The number of carbonyl (C=O) groups excluding carboxylic acids is 2. The third kappa shape index (κ3) is 2.93. The Morgan fingerprint density at radius 2 is 2.11 bits per heavy atom. The molecule has 27 heavy (non-hydrogen) atoms. The number of carbonyl (C=O) groups is 2. The predicted molar refractivity (Wildman–Crippen MR) is 97.6 cm³/mol. The van der Waals surface area contributed by atoms with Crippen molar-refractivity contribution in [3.05, 3.63) is 53.7 Å². The minimum Gasteiger partial charge on any atom is -0.496 e. The van der Waals surface area contributed by atoms with Gasteiger partial charge in [-0.3, -0.25) is 9.78 Å². The van der Waals surface area contributed by atoms with E-state index in [4.69, 9.17) is 19.9 Å². The van der Waals surface area contributed by atoms with Gasteiger partial charge in [-0.15, -0.1) is 0 Å². The van der Waals surface area contributed by atoms with Gasteiger partial charge in [0.1, 0.15) is 35.9 Å². The molecular formula is C20H16N2O5. The summed E-state index contributed by atoms with van der Waals surface area (Å²) in [5.74, 6) is 1.18. The molecule has 0 saturated carbocycles. The maximum Gasteiger partial charge on any atom is 0.252 e. The average molecular weight is 364 g/mol. The lowest BCUT2D eigenvalue weighted by Gasteiger charge is -2.12. The molecule has 0 radical (unpaired) electrons. The lowest BCUT2D eigenvalue weighted by molar-refractivity contribution is -0.109. The van der Waals surface area contributed by atoms with Gasteiger partial charge in [0.25, 0.3) is 5.91 Å². The molecule has 1 unspecified atom stereocenters. The monoisotopic (exact) mass is 364 g/mol. The average Bonchev–Trinajstić information content (AvgIpc) is 3.09. The fourth-order valence-corrected chi connectivity index (χ4v) is 3.12. The van der Waals surface area contributed by atoms with E-state index in [0.717, 1.165) is 11.8 Å². The van der Waals surface area contributed by atoms with Gasteiger partial charge in [-0.25, -0.2) is 0 Å². The molecule has 4 rings (SSSR count). The summed E-state index contributed by atoms with van der Waals surface area (Å²) in [6.07, 6.45) is 2.48. The molecule has 1 aromatic heterocycles. The summed E-state index contributed by atoms with van der Waals surface area (Å²) in [6, 6.07) is 10.3. The smallest absolute Gasteiger partial charge is 0.252 e. The van der Waals surface area contributed by atoms with E-state index in [1.807, 2.05) is 6.07 Å². The summed E-state index contributed by atoms with van der Waals surface area (Å²) < 4.78 is 16.8. The molecule has 7 nitrogen and oxygen atoms in total. The first-order chi connectivity index (χ1) is 13.1. The van der Waals surface area contributed by atoms with Crippen LogP contribution in [0.2, 0.25) is 0 Å². The van der Waals surface area contributed by atoms with Gasteiger partial charge in [-0.05, 0) is 18.2 Å². The van der Waals surface area contributed by atoms with E-state index in [1.54, 1.807) is 36.5 Å². The number of amides is 1. The number of nitrogens with two attached hydrogens (primary N) is 1. The Hall–Kier alpha value is -3.61. The lowest BCUT2D eigenvalue weighted by atomic mass is 10.0. The molecule has 7 heteroatoms. The molecule has 1 amide bonds. The Bertz CT molecular complexity index is 1060. The van der Waals surface area contributed by atoms with Crippen molar-refractivity contribution >= 4 is 23.1 Å². The summed E-state index contributed by atoms with van der Waals surface area (Å²) in [4.78, 5) is 27.1. The minimum absolute atomic E-state index is 0.244. The second-order valence-corrected chi connectivity index (χ2v) is 6.10. The number of fused-ring (bicyclic) bond motifs is 2. The van der Waals surface area contributed by atoms with Gasteiger partial charge in [0.2, 0.25) is 0 Å². The molecule has 1 aliphatic heterocycles. The molecule has 1 atom stereocenters. The highest BCUT2D eigenvalue weighted by Gasteiger charge is 2.24. The fourth-order valence-electron chi connectivity index (χ4n) is 3.12. The molecule has 136 valence electrons. The van der Waals surface area contributed by atoms with Crippen LogP contribution in [0.5, 0.6) is 23.0 Å². The normalized spacial score (nSPS) is 15.1. The number of ether oxygens (including phenoxy) is 3. The van der Waals surface area contributed by atoms with E-state index in [9.17, 15) is 9.59 Å². The SMILES string of the molecule is COc1cc2nccc(Oc3ccc4c(c3)OCC4C=O)c2cc1C(N)=O. The van der Waals surface area contributed by atoms with Gasteiger partial charge in [0.15, 0.2) is 0 Å². The number of hydrogen-bond acceptors (Lipinski definition) is 6. The molecule has 3 aromatic rings. The van der Waals surface area contributed by atoms with Crippen LogP contribution in [-0.2, 0) is 4.79 Å². The molecular weight excluding hydrogens is 348 g/mol. The third-order valence-corrected chi connectivity index (χ3v) is 4.48. The number of primary amides is 1. The Labute approximate surface area is 154 Å². The summed E-state index contributed by atoms with van der Waals surface area (Å²) >= 11 is 0. The van der Waals surface area contributed by atoms with Crippen LogP contribution in [-0.4, -0.2) is 30.9 Å². The van der Waals surface area contributed by atoms with Gasteiger partial charge < -0.3 is 24.7 Å². The third-order valence-electron chi connectivity index (χ3n) is 4.48. The van der Waals surface area contributed by atoms with Crippen molar-refractivity contribution in [3.63, 3.8) is 0 Å². The molecule has 2 heterocycles. The van der Waals surface area contributed by atoms with Crippen LogP contribution in [0.3, 0.4) is 0 Å². The van der Waals surface area contributed by atoms with Gasteiger partial charge in [-0.1, -0.05) is 6.07 Å². The van der Waals surface area contributed by atoms with Crippen molar-refractivity contribution in [1.29, 1.82) is 0 Å². The maximum atomic E-state index is 11.7. The largest absolute Gasteiger partial charge is 0.496 e. The van der Waals surface area contributed by atoms with Crippen LogP contribution >= 0.6 is 0 Å². The Morgan fingerprint density at radius 1 is 1.26 bits per heavy atom. The highest BCUT2D eigenvalue weighted by molar-refractivity contribution is 6.01. The first kappa shape index (κ1) is 16.8. The number of pyridine rings is 1. The van der Waals surface area contributed by atoms with Crippen LogP contribution in [0, 0.1) is 0 Å². The Morgan fingerprint density at radius 3 is 2.85 bits per heavy atom. The maximum absolute atomic E-state index is 11.7. The van der Waals surface area contributed by atoms with E-state index < -0.39 is 5.91 Å². The number of methoxy groups -OCH3 is 1. The number of rotatable bonds is 5. The standard InChI is InChI=1S/C20H16N2O5/c1-25-18-8-16-14(7-15(18)20(21)24)17(4-5-22-16)27-12-2-3-13-11(9-23)10-26-19(13)6-12/h2-9,11H,10H2,1H3,(H2,21,24). The van der Waals surface area contributed by atoms with Crippen molar-refractivity contribution < 1.29 is 23.8 Å². The molecule has 0 bridgehead atoms. The zero-order valence-corrected chi connectivity index (χ0v) is 14.5. The summed E-state index contributed by atoms with van der Waals surface area (Å²) in [7, 11) is 1.46. The van der Waals surface area contributed by atoms with Gasteiger partial charge in [0, 0.05) is 29.3 Å². The van der Waals surface area contributed by atoms with Crippen molar-refractivity contribution in [2.75, 3.05) is 13.7 Å². The highest BCUT2D eigenvalue weighted by atomic mass is 16.5. The van der Waals surface area contributed by atoms with E-state index in [1.165, 1.54) is 7.11 Å². The summed E-state index contributed by atoms with van der Waals surface area (Å²) in [5.41, 5.74) is 7.14. The second kappa shape index (κ2) is 6.60. The number of aromatic nitrogens is 1. The lowest BCUT2D eigenvalue weighted by Crippen LogP contribution is -2.12. The Balaban J connectivity index is 1.75. The fraction of sp³-hybridized carbons (Fsp3) is 0.150. The quantitative estimate of drug-likeness (QED) is 0.699. The molecule has 0 spiro atoms. The zero-order chi connectivity index (χ0) is 19.0. The van der Waals surface area contributed by atoms with Crippen LogP contribution in [0.25, 0.3) is 10.9 Å². The summed E-state index contributed by atoms with van der Waals surface area (Å²) in [6.45, 7) is 0.336. The van der Waals surface area contributed by atoms with Crippen LogP contribution in [0.15, 0.2) is 42.6 Å². The molecule has 2 N–H and O–H groups in total. The van der Waals surface area contributed by atoms with Crippen LogP contribution < -0.4 is 19.9 Å². The number of hydrogen-bond donors (Lipinski definition) is 1. The predicted octanol–water partition coefficient (Wildman–Crippen LogP) is 2.81. The first-order valence-electron chi connectivity index (χ1n) is 8.27. The molecule has 0 fully saturated rings. The number of benzene rings is 2. The first-order valence-corrected chi connectivity index (χ1v) is 8.27. The molecule has 0 aliphatic carbocycles. The van der Waals surface area contributed by atoms with Crippen molar-refractivity contribution in [2.45, 2.75) is 5.92 Å². The highest BCUT2D eigenvalue weighted by Crippen LogP contribution is 2.38. The molecule has 0 saturated heterocycles. The van der Waals surface area contributed by atoms with E-state index in [-0.39, 0.29) is 11.5 Å². The van der Waals surface area contributed by atoms with Crippen molar-refractivity contribution in [1.82, 2.24) is 4.98 Å². The van der Waals surface area contributed by atoms with E-state index >= 15 is 0 Å². The number of nitrogens with zero attached hydrogens (tertiary/aromatic N) is 1. The van der Waals surface area contributed by atoms with Crippen molar-refractivity contribution in [3.8, 4) is 23.0 Å². The summed E-state index contributed by atoms with van der Waals surface area (Å²) in [5, 5.41) is 0.624. The topological polar surface area (TPSA) is 101 Å². The van der Waals surface area contributed by atoms with Crippen LogP contribution in [0.1, 0.15) is 21.8 Å². The van der Waals surface area contributed by atoms with Gasteiger partial charge >= 0.3 is 0 Å². The molecule has 2 aromatic carbocycles. The van der Waals surface area contributed by atoms with Crippen LogP contribution in [0.4, 0.5) is 0 Å². The number of aldehydes is 1. The van der Waals surface area contributed by atoms with Gasteiger partial charge in [-0.2, -0.15) is 0 Å². The second-order valence-electron chi connectivity index (χ2n) is 6.10. The van der Waals surface area contributed by atoms with E-state index in [2.05, 4.69) is 4.98 Å². The molecule has 1 aliphatic rings. The van der Waals surface area contributed by atoms with Crippen molar-refractivity contribution in [2.24, 2.45) is 5.73 Å². The minimum atomic E-state index is -0.602. The van der Waals surface area contributed by atoms with E-state index in [0.29, 0.717) is 40.5 Å². The van der Waals surface area contributed by atoms with Gasteiger partial charge in [0.05, 0.1) is 24.1 Å². The zero-order valence-electron chi connectivity index (χ0n) is 14.5. The Kier molecular flexibility index (Phi) is 4.12.